The molecule has 0 unspecified atom stereocenters. The molecule has 0 aliphatic rings. The lowest BCUT2D eigenvalue weighted by atomic mass is 10.1. The molecule has 0 bridgehead atoms. The van der Waals surface area contributed by atoms with Gasteiger partial charge in [-0.15, -0.1) is 11.6 Å². The summed E-state index contributed by atoms with van der Waals surface area (Å²) in [4.78, 5) is 4.44. The predicted octanol–water partition coefficient (Wildman–Crippen LogP) is 4.48. The Morgan fingerprint density at radius 3 is 2.92 bits per heavy atom. The van der Waals surface area contributed by atoms with Crippen molar-refractivity contribution < 1.29 is 9.47 Å². The van der Waals surface area contributed by atoms with E-state index in [1.807, 2.05) is 36.4 Å². The third-order valence-electron chi connectivity index (χ3n) is 4.08. The van der Waals surface area contributed by atoms with Gasteiger partial charge in [-0.05, 0) is 30.3 Å². The summed E-state index contributed by atoms with van der Waals surface area (Å²) in [5.74, 6) is 1.68. The van der Waals surface area contributed by atoms with Gasteiger partial charge in [0.2, 0.25) is 0 Å². The molecule has 2 aromatic carbocycles. The van der Waals surface area contributed by atoms with Gasteiger partial charge in [0.25, 0.3) is 0 Å². The first-order chi connectivity index (χ1) is 12.8. The Bertz CT molecular complexity index is 1060. The molecule has 7 heteroatoms. The van der Waals surface area contributed by atoms with E-state index in [0.29, 0.717) is 24.0 Å². The number of benzene rings is 2. The number of rotatable bonds is 6. The first kappa shape index (κ1) is 16.5. The second-order valence-corrected chi connectivity index (χ2v) is 6.09. The maximum Gasteiger partial charge on any atom is 0.163 e. The smallest absolute Gasteiger partial charge is 0.163 e. The molecule has 26 heavy (non-hydrogen) atoms. The number of nitrogens with zero attached hydrogens (tertiary/aromatic N) is 2. The van der Waals surface area contributed by atoms with Crippen molar-refractivity contribution in [2.24, 2.45) is 0 Å². The Morgan fingerprint density at radius 2 is 2.08 bits per heavy atom. The van der Waals surface area contributed by atoms with E-state index in [0.717, 1.165) is 33.2 Å². The van der Waals surface area contributed by atoms with Gasteiger partial charge in [-0.3, -0.25) is 10.1 Å². The number of alkyl halides is 1. The highest BCUT2D eigenvalue weighted by Crippen LogP contribution is 2.35. The minimum absolute atomic E-state index is 0.408. The molecule has 6 nitrogen and oxygen atoms in total. The summed E-state index contributed by atoms with van der Waals surface area (Å²) < 4.78 is 11.1. The lowest BCUT2D eigenvalue weighted by Crippen LogP contribution is -2.01. The molecule has 132 valence electrons. The van der Waals surface area contributed by atoms with Crippen molar-refractivity contribution >= 4 is 44.8 Å². The van der Waals surface area contributed by atoms with E-state index in [9.17, 15) is 0 Å². The van der Waals surface area contributed by atoms with Gasteiger partial charge >= 0.3 is 0 Å². The molecule has 0 atom stereocenters. The summed E-state index contributed by atoms with van der Waals surface area (Å²) in [6, 6.07) is 11.8. The fraction of sp³-hybridized carbons (Fsp3) is 0.158. The predicted molar refractivity (Wildman–Crippen MR) is 104 cm³/mol. The normalized spacial score (nSPS) is 11.0. The van der Waals surface area contributed by atoms with Crippen LogP contribution in [0.15, 0.2) is 48.8 Å². The Morgan fingerprint density at radius 1 is 1.15 bits per heavy atom. The van der Waals surface area contributed by atoms with E-state index >= 15 is 0 Å². The molecule has 4 rings (SSSR count). The summed E-state index contributed by atoms with van der Waals surface area (Å²) in [6.45, 7) is 0.408. The molecule has 0 aliphatic carbocycles. The first-order valence-corrected chi connectivity index (χ1v) is 8.67. The van der Waals surface area contributed by atoms with Crippen molar-refractivity contribution in [1.29, 1.82) is 0 Å². The molecule has 0 radical (unpaired) electrons. The topological polar surface area (TPSA) is 72.1 Å². The van der Waals surface area contributed by atoms with E-state index in [1.165, 1.54) is 0 Å². The maximum absolute atomic E-state index is 5.72. The van der Waals surface area contributed by atoms with Gasteiger partial charge in [-0.25, -0.2) is 0 Å². The zero-order chi connectivity index (χ0) is 17.9. The quantitative estimate of drug-likeness (QED) is 0.491. The molecular formula is C19H17ClN4O2. The van der Waals surface area contributed by atoms with Crippen LogP contribution >= 0.6 is 11.6 Å². The average Bonchev–Trinajstić information content (AvgIpc) is 3.13. The van der Waals surface area contributed by atoms with Crippen LogP contribution in [0.5, 0.6) is 11.5 Å². The lowest BCUT2D eigenvalue weighted by Gasteiger charge is -2.14. The standard InChI is InChI=1S/C19H17ClN4O2/c1-25-18-9-14-15(4-6-21-17(14)10-19(18)26-7-5-20)23-13-3-2-12-11-22-24-16(12)8-13/h2-4,6,8-11H,5,7H2,1H3,(H,21,23)(H,22,24). The van der Waals surface area contributed by atoms with Gasteiger partial charge in [0, 0.05) is 34.4 Å². The van der Waals surface area contributed by atoms with Gasteiger partial charge in [0.15, 0.2) is 11.5 Å². The van der Waals surface area contributed by atoms with Crippen molar-refractivity contribution in [2.45, 2.75) is 0 Å². The second kappa shape index (κ2) is 7.09. The van der Waals surface area contributed by atoms with Crippen molar-refractivity contribution in [2.75, 3.05) is 24.9 Å². The lowest BCUT2D eigenvalue weighted by molar-refractivity contribution is 0.313. The molecule has 2 heterocycles. The van der Waals surface area contributed by atoms with Gasteiger partial charge in [-0.1, -0.05) is 0 Å². The number of methoxy groups -OCH3 is 1. The summed E-state index contributed by atoms with van der Waals surface area (Å²) in [5, 5.41) is 12.5. The second-order valence-electron chi connectivity index (χ2n) is 5.71. The van der Waals surface area contributed by atoms with E-state index < -0.39 is 0 Å². The fourth-order valence-corrected chi connectivity index (χ4v) is 2.93. The van der Waals surface area contributed by atoms with Crippen molar-refractivity contribution in [3.8, 4) is 11.5 Å². The Kier molecular flexibility index (Phi) is 4.50. The minimum Gasteiger partial charge on any atom is -0.493 e. The van der Waals surface area contributed by atoms with Crippen LogP contribution in [0.3, 0.4) is 0 Å². The number of aromatic nitrogens is 3. The van der Waals surface area contributed by atoms with Gasteiger partial charge < -0.3 is 14.8 Å². The van der Waals surface area contributed by atoms with Crippen LogP contribution in [0.25, 0.3) is 21.8 Å². The van der Waals surface area contributed by atoms with E-state index in [2.05, 4.69) is 20.5 Å². The number of aromatic amines is 1. The molecule has 0 saturated heterocycles. The van der Waals surface area contributed by atoms with Crippen LogP contribution in [-0.2, 0) is 0 Å². The van der Waals surface area contributed by atoms with Crippen molar-refractivity contribution in [1.82, 2.24) is 15.2 Å². The zero-order valence-electron chi connectivity index (χ0n) is 14.1. The summed E-state index contributed by atoms with van der Waals surface area (Å²) >= 11 is 5.72. The third-order valence-corrected chi connectivity index (χ3v) is 4.24. The van der Waals surface area contributed by atoms with Crippen LogP contribution in [0, 0.1) is 0 Å². The minimum atomic E-state index is 0.408. The molecular weight excluding hydrogens is 352 g/mol. The van der Waals surface area contributed by atoms with E-state index in [1.54, 1.807) is 19.5 Å². The molecule has 2 aromatic heterocycles. The maximum atomic E-state index is 5.72. The molecule has 0 spiro atoms. The number of ether oxygens (including phenoxy) is 2. The highest BCUT2D eigenvalue weighted by molar-refractivity contribution is 6.18. The first-order valence-electron chi connectivity index (χ1n) is 8.14. The average molecular weight is 369 g/mol. The van der Waals surface area contributed by atoms with Crippen LogP contribution < -0.4 is 14.8 Å². The summed E-state index contributed by atoms with van der Waals surface area (Å²) in [5.41, 5.74) is 3.66. The summed E-state index contributed by atoms with van der Waals surface area (Å²) in [7, 11) is 1.62. The zero-order valence-corrected chi connectivity index (χ0v) is 14.9. The largest absolute Gasteiger partial charge is 0.493 e. The van der Waals surface area contributed by atoms with Crippen LogP contribution in [0.2, 0.25) is 0 Å². The van der Waals surface area contributed by atoms with Crippen LogP contribution in [-0.4, -0.2) is 34.8 Å². The molecule has 0 amide bonds. The highest BCUT2D eigenvalue weighted by atomic mass is 35.5. The molecule has 4 aromatic rings. The van der Waals surface area contributed by atoms with Gasteiger partial charge in [-0.2, -0.15) is 5.10 Å². The molecule has 2 N–H and O–H groups in total. The molecule has 0 saturated carbocycles. The Balaban J connectivity index is 1.74. The van der Waals surface area contributed by atoms with Crippen LogP contribution in [0.4, 0.5) is 11.4 Å². The highest BCUT2D eigenvalue weighted by Gasteiger charge is 2.11. The van der Waals surface area contributed by atoms with Crippen LogP contribution in [0.1, 0.15) is 0 Å². The third kappa shape index (κ3) is 3.11. The molecule has 0 aliphatic heterocycles. The Hall–Kier alpha value is -2.99. The Labute approximate surface area is 155 Å². The number of H-pyrrole nitrogens is 1. The number of hydrogen-bond acceptors (Lipinski definition) is 5. The van der Waals surface area contributed by atoms with Gasteiger partial charge in [0.05, 0.1) is 30.2 Å². The molecule has 0 fully saturated rings. The van der Waals surface area contributed by atoms with E-state index in [4.69, 9.17) is 21.1 Å². The number of nitrogens with one attached hydrogen (secondary N) is 2. The van der Waals surface area contributed by atoms with Crippen molar-refractivity contribution in [3.63, 3.8) is 0 Å². The number of hydrogen-bond donors (Lipinski definition) is 2. The summed E-state index contributed by atoms with van der Waals surface area (Å²) in [6.07, 6.45) is 3.56. The van der Waals surface area contributed by atoms with Gasteiger partial charge in [0.1, 0.15) is 6.61 Å². The number of anilines is 2. The number of fused-ring (bicyclic) bond motifs is 2. The fourth-order valence-electron chi connectivity index (χ4n) is 2.85. The monoisotopic (exact) mass is 368 g/mol. The SMILES string of the molecule is COc1cc2c(Nc3ccc4cn[nH]c4c3)ccnc2cc1OCCCl. The van der Waals surface area contributed by atoms with E-state index in [-0.39, 0.29) is 0 Å². The number of halogens is 1. The number of pyridine rings is 1. The van der Waals surface area contributed by atoms with Crippen molar-refractivity contribution in [3.05, 3.63) is 48.8 Å².